The first-order valence-corrected chi connectivity index (χ1v) is 9.14. The van der Waals surface area contributed by atoms with E-state index in [2.05, 4.69) is 10.0 Å². The number of anilines is 2. The second kappa shape index (κ2) is 7.28. The van der Waals surface area contributed by atoms with Crippen LogP contribution in [-0.2, 0) is 21.2 Å². The van der Waals surface area contributed by atoms with Gasteiger partial charge >= 0.3 is 0 Å². The van der Waals surface area contributed by atoms with Crippen molar-refractivity contribution in [2.45, 2.75) is 19.8 Å². The second-order valence-corrected chi connectivity index (χ2v) is 7.23. The molecule has 0 spiro atoms. The summed E-state index contributed by atoms with van der Waals surface area (Å²) in [5.74, 6) is -0.0746. The standard InChI is InChI=1S/C17H20N2O3S/c1-13-3-5-14(6-4-13)7-12-17(20)18-15-8-10-16(11-9-15)19-23(2,21)22/h3-6,8-11,19H,7,12H2,1-2H3,(H,18,20). The van der Waals surface area contributed by atoms with Crippen molar-refractivity contribution < 1.29 is 13.2 Å². The molecule has 0 aromatic heterocycles. The lowest BCUT2D eigenvalue weighted by Gasteiger charge is -2.08. The van der Waals surface area contributed by atoms with Crippen LogP contribution in [0.3, 0.4) is 0 Å². The van der Waals surface area contributed by atoms with Gasteiger partial charge in [-0.05, 0) is 43.2 Å². The van der Waals surface area contributed by atoms with Crippen LogP contribution < -0.4 is 10.0 Å². The van der Waals surface area contributed by atoms with Gasteiger partial charge < -0.3 is 5.32 Å². The second-order valence-electron chi connectivity index (χ2n) is 5.49. The quantitative estimate of drug-likeness (QED) is 0.854. The summed E-state index contributed by atoms with van der Waals surface area (Å²) in [4.78, 5) is 11.9. The van der Waals surface area contributed by atoms with Crippen molar-refractivity contribution >= 4 is 27.3 Å². The van der Waals surface area contributed by atoms with E-state index < -0.39 is 10.0 Å². The van der Waals surface area contributed by atoms with Crippen molar-refractivity contribution in [1.82, 2.24) is 0 Å². The number of hydrogen-bond acceptors (Lipinski definition) is 3. The molecule has 0 saturated heterocycles. The van der Waals surface area contributed by atoms with Crippen LogP contribution in [0.4, 0.5) is 11.4 Å². The summed E-state index contributed by atoms with van der Waals surface area (Å²) in [6.07, 6.45) is 2.17. The van der Waals surface area contributed by atoms with E-state index in [4.69, 9.17) is 0 Å². The molecule has 1 amide bonds. The number of sulfonamides is 1. The minimum atomic E-state index is -3.29. The van der Waals surface area contributed by atoms with Gasteiger partial charge in [-0.25, -0.2) is 8.42 Å². The number of aryl methyl sites for hydroxylation is 2. The monoisotopic (exact) mass is 332 g/mol. The third kappa shape index (κ3) is 6.12. The largest absolute Gasteiger partial charge is 0.326 e. The molecule has 0 atom stereocenters. The summed E-state index contributed by atoms with van der Waals surface area (Å²) in [6, 6.07) is 14.6. The molecule has 0 saturated carbocycles. The van der Waals surface area contributed by atoms with Gasteiger partial charge in [0.2, 0.25) is 15.9 Å². The lowest BCUT2D eigenvalue weighted by Crippen LogP contribution is -2.13. The van der Waals surface area contributed by atoms with E-state index in [0.29, 0.717) is 24.2 Å². The van der Waals surface area contributed by atoms with Crippen LogP contribution in [0.5, 0.6) is 0 Å². The van der Waals surface area contributed by atoms with E-state index in [9.17, 15) is 13.2 Å². The topological polar surface area (TPSA) is 75.3 Å². The van der Waals surface area contributed by atoms with Crippen LogP contribution in [0.15, 0.2) is 48.5 Å². The average molecular weight is 332 g/mol. The summed E-state index contributed by atoms with van der Waals surface area (Å²) in [5.41, 5.74) is 3.42. The molecule has 5 nitrogen and oxygen atoms in total. The number of hydrogen-bond donors (Lipinski definition) is 2. The first kappa shape index (κ1) is 17.0. The molecule has 122 valence electrons. The van der Waals surface area contributed by atoms with Crippen LogP contribution in [0.1, 0.15) is 17.5 Å². The number of amides is 1. The van der Waals surface area contributed by atoms with E-state index in [1.165, 1.54) is 5.56 Å². The average Bonchev–Trinajstić information content (AvgIpc) is 2.47. The van der Waals surface area contributed by atoms with Gasteiger partial charge in [-0.2, -0.15) is 0 Å². The fourth-order valence-corrected chi connectivity index (χ4v) is 2.64. The normalized spacial score (nSPS) is 11.0. The van der Waals surface area contributed by atoms with Crippen molar-refractivity contribution in [3.63, 3.8) is 0 Å². The van der Waals surface area contributed by atoms with Crippen LogP contribution in [-0.4, -0.2) is 20.6 Å². The summed E-state index contributed by atoms with van der Waals surface area (Å²) in [7, 11) is -3.29. The number of carbonyl (C=O) groups is 1. The maximum absolute atomic E-state index is 11.9. The van der Waals surface area contributed by atoms with E-state index in [1.807, 2.05) is 31.2 Å². The first-order valence-electron chi connectivity index (χ1n) is 7.25. The molecule has 23 heavy (non-hydrogen) atoms. The van der Waals surface area contributed by atoms with E-state index in [-0.39, 0.29) is 5.91 Å². The lowest BCUT2D eigenvalue weighted by atomic mass is 10.1. The minimum absolute atomic E-state index is 0.0746. The Morgan fingerprint density at radius 1 is 0.957 bits per heavy atom. The molecule has 0 unspecified atom stereocenters. The highest BCUT2D eigenvalue weighted by atomic mass is 32.2. The molecule has 0 aliphatic heterocycles. The van der Waals surface area contributed by atoms with Crippen LogP contribution in [0, 0.1) is 6.92 Å². The molecule has 2 rings (SSSR count). The highest BCUT2D eigenvalue weighted by molar-refractivity contribution is 7.92. The Hall–Kier alpha value is -2.34. The lowest BCUT2D eigenvalue weighted by molar-refractivity contribution is -0.116. The van der Waals surface area contributed by atoms with Crippen molar-refractivity contribution in [1.29, 1.82) is 0 Å². The molecule has 0 aliphatic rings. The SMILES string of the molecule is Cc1ccc(CCC(=O)Nc2ccc(NS(C)(=O)=O)cc2)cc1. The molecule has 0 aliphatic carbocycles. The van der Waals surface area contributed by atoms with Crippen molar-refractivity contribution in [2.75, 3.05) is 16.3 Å². The van der Waals surface area contributed by atoms with Gasteiger partial charge in [0.25, 0.3) is 0 Å². The maximum Gasteiger partial charge on any atom is 0.229 e. The number of carbonyl (C=O) groups excluding carboxylic acids is 1. The predicted octanol–water partition coefficient (Wildman–Crippen LogP) is 2.94. The molecular formula is C17H20N2O3S. The molecule has 2 N–H and O–H groups in total. The molecule has 0 fully saturated rings. The van der Waals surface area contributed by atoms with Gasteiger partial charge in [0, 0.05) is 17.8 Å². The summed E-state index contributed by atoms with van der Waals surface area (Å²) < 4.78 is 24.6. The zero-order valence-electron chi connectivity index (χ0n) is 13.2. The van der Waals surface area contributed by atoms with Crippen LogP contribution >= 0.6 is 0 Å². The number of rotatable bonds is 6. The van der Waals surface area contributed by atoms with Gasteiger partial charge in [-0.15, -0.1) is 0 Å². The van der Waals surface area contributed by atoms with Crippen LogP contribution in [0.25, 0.3) is 0 Å². The molecule has 2 aromatic rings. The van der Waals surface area contributed by atoms with Crippen LogP contribution in [0.2, 0.25) is 0 Å². The molecular weight excluding hydrogens is 312 g/mol. The molecule has 0 heterocycles. The van der Waals surface area contributed by atoms with Gasteiger partial charge in [-0.1, -0.05) is 29.8 Å². The molecule has 2 aromatic carbocycles. The third-order valence-electron chi connectivity index (χ3n) is 3.23. The Kier molecular flexibility index (Phi) is 5.39. The van der Waals surface area contributed by atoms with Gasteiger partial charge in [-0.3, -0.25) is 9.52 Å². The molecule has 6 heteroatoms. The summed E-state index contributed by atoms with van der Waals surface area (Å²) in [6.45, 7) is 2.03. The Morgan fingerprint density at radius 3 is 2.09 bits per heavy atom. The Bertz CT molecular complexity index is 766. The van der Waals surface area contributed by atoms with E-state index in [0.717, 1.165) is 11.8 Å². The summed E-state index contributed by atoms with van der Waals surface area (Å²) >= 11 is 0. The highest BCUT2D eigenvalue weighted by Crippen LogP contribution is 2.15. The zero-order valence-corrected chi connectivity index (χ0v) is 14.0. The van der Waals surface area contributed by atoms with Gasteiger partial charge in [0.05, 0.1) is 6.26 Å². The molecule has 0 bridgehead atoms. The fraction of sp³-hybridized carbons (Fsp3) is 0.235. The fourth-order valence-electron chi connectivity index (χ4n) is 2.07. The predicted molar refractivity (Wildman–Crippen MR) is 93.0 cm³/mol. The number of nitrogens with one attached hydrogen (secondary N) is 2. The van der Waals surface area contributed by atoms with Gasteiger partial charge in [0.1, 0.15) is 0 Å². The molecule has 0 radical (unpaired) electrons. The van der Waals surface area contributed by atoms with E-state index >= 15 is 0 Å². The zero-order chi connectivity index (χ0) is 16.9. The number of benzene rings is 2. The maximum atomic E-state index is 11.9. The Labute approximate surface area is 136 Å². The smallest absolute Gasteiger partial charge is 0.229 e. The minimum Gasteiger partial charge on any atom is -0.326 e. The van der Waals surface area contributed by atoms with E-state index in [1.54, 1.807) is 24.3 Å². The Balaban J connectivity index is 1.86. The third-order valence-corrected chi connectivity index (χ3v) is 3.84. The van der Waals surface area contributed by atoms with Crippen molar-refractivity contribution in [3.8, 4) is 0 Å². The van der Waals surface area contributed by atoms with Crippen molar-refractivity contribution in [2.24, 2.45) is 0 Å². The first-order chi connectivity index (χ1) is 10.8. The highest BCUT2D eigenvalue weighted by Gasteiger charge is 2.05. The Morgan fingerprint density at radius 2 is 1.52 bits per heavy atom. The summed E-state index contributed by atoms with van der Waals surface area (Å²) in [5, 5.41) is 2.80. The van der Waals surface area contributed by atoms with Crippen molar-refractivity contribution in [3.05, 3.63) is 59.7 Å². The van der Waals surface area contributed by atoms with Gasteiger partial charge in [0.15, 0.2) is 0 Å².